The number of aryl methyl sites for hydroxylation is 1. The number of nitrogens with one attached hydrogen (secondary N) is 2. The van der Waals surface area contributed by atoms with Crippen molar-refractivity contribution < 1.29 is 22.7 Å². The third kappa shape index (κ3) is 4.99. The fourth-order valence-corrected chi connectivity index (χ4v) is 3.91. The molecule has 3 rings (SSSR count). The maximum absolute atomic E-state index is 12.2. The molecule has 1 aliphatic rings. The lowest BCUT2D eigenvalue weighted by Gasteiger charge is -2.13. The molecule has 2 aromatic rings. The van der Waals surface area contributed by atoms with Crippen LogP contribution in [0.25, 0.3) is 0 Å². The van der Waals surface area contributed by atoms with Gasteiger partial charge in [-0.15, -0.1) is 0 Å². The van der Waals surface area contributed by atoms with E-state index in [1.165, 1.54) is 19.2 Å². The molecule has 1 amide bonds. The number of benzene rings is 2. The molecule has 8 heteroatoms. The van der Waals surface area contributed by atoms with Gasteiger partial charge in [0, 0.05) is 6.04 Å². The van der Waals surface area contributed by atoms with Crippen molar-refractivity contribution in [1.82, 2.24) is 4.72 Å². The van der Waals surface area contributed by atoms with Crippen LogP contribution in [-0.4, -0.2) is 34.1 Å². The smallest absolute Gasteiger partial charge is 0.262 e. The summed E-state index contributed by atoms with van der Waals surface area (Å²) in [5.74, 6) is 0.668. The summed E-state index contributed by atoms with van der Waals surface area (Å²) in [7, 11) is -1.99. The zero-order valence-electron chi connectivity index (χ0n) is 15.2. The second-order valence-corrected chi connectivity index (χ2v) is 8.07. The number of carbonyl (C=O) groups excluding carboxylic acids is 1. The van der Waals surface area contributed by atoms with E-state index in [2.05, 4.69) is 10.0 Å². The Balaban J connectivity index is 1.61. The Labute approximate surface area is 158 Å². The molecule has 0 atom stereocenters. The van der Waals surface area contributed by atoms with Crippen molar-refractivity contribution in [3.63, 3.8) is 0 Å². The first kappa shape index (κ1) is 19.2. The van der Waals surface area contributed by atoms with E-state index in [-0.39, 0.29) is 23.5 Å². The van der Waals surface area contributed by atoms with Gasteiger partial charge in [-0.3, -0.25) is 4.79 Å². The number of methoxy groups -OCH3 is 1. The number of carbonyl (C=O) groups is 1. The van der Waals surface area contributed by atoms with Gasteiger partial charge in [-0.1, -0.05) is 12.1 Å². The van der Waals surface area contributed by atoms with Gasteiger partial charge in [0.1, 0.15) is 11.5 Å². The Morgan fingerprint density at radius 2 is 1.89 bits per heavy atom. The van der Waals surface area contributed by atoms with Crippen LogP contribution in [0.4, 0.5) is 5.69 Å². The number of amides is 1. The van der Waals surface area contributed by atoms with Gasteiger partial charge in [0.2, 0.25) is 10.0 Å². The van der Waals surface area contributed by atoms with Gasteiger partial charge in [0.15, 0.2) is 6.61 Å². The van der Waals surface area contributed by atoms with Crippen molar-refractivity contribution in [1.29, 1.82) is 0 Å². The number of para-hydroxylation sites is 2. The van der Waals surface area contributed by atoms with Gasteiger partial charge in [0.25, 0.3) is 5.91 Å². The average Bonchev–Trinajstić information content (AvgIpc) is 3.44. The second-order valence-electron chi connectivity index (χ2n) is 6.36. The molecule has 7 nitrogen and oxygen atoms in total. The minimum absolute atomic E-state index is 0.0462. The van der Waals surface area contributed by atoms with Gasteiger partial charge in [-0.05, 0) is 55.7 Å². The number of hydrogen-bond acceptors (Lipinski definition) is 5. The highest BCUT2D eigenvalue weighted by Crippen LogP contribution is 2.26. The van der Waals surface area contributed by atoms with Crippen molar-refractivity contribution in [2.45, 2.75) is 30.7 Å². The van der Waals surface area contributed by atoms with E-state index in [4.69, 9.17) is 9.47 Å². The summed E-state index contributed by atoms with van der Waals surface area (Å²) in [6.07, 6.45) is 1.75. The molecule has 0 heterocycles. The third-order valence-corrected chi connectivity index (χ3v) is 5.61. The lowest BCUT2D eigenvalue weighted by atomic mass is 10.2. The fourth-order valence-electron chi connectivity index (χ4n) is 2.52. The van der Waals surface area contributed by atoms with Crippen LogP contribution in [0.5, 0.6) is 11.5 Å². The van der Waals surface area contributed by atoms with Crippen LogP contribution in [-0.2, 0) is 14.8 Å². The highest BCUT2D eigenvalue weighted by Gasteiger charge is 2.28. The molecule has 27 heavy (non-hydrogen) atoms. The maximum atomic E-state index is 12.2. The Hall–Kier alpha value is -2.58. The molecular formula is C19H22N2O5S. The number of hydrogen-bond donors (Lipinski definition) is 2. The predicted octanol–water partition coefficient (Wildman–Crippen LogP) is 2.46. The molecule has 1 aliphatic carbocycles. The first-order valence-corrected chi connectivity index (χ1v) is 10.1. The van der Waals surface area contributed by atoms with Crippen molar-refractivity contribution in [3.8, 4) is 11.5 Å². The molecule has 0 radical (unpaired) electrons. The highest BCUT2D eigenvalue weighted by atomic mass is 32.2. The summed E-state index contributed by atoms with van der Waals surface area (Å²) in [6.45, 7) is 1.54. The molecule has 0 spiro atoms. The summed E-state index contributed by atoms with van der Waals surface area (Å²) in [5.41, 5.74) is 1.19. The molecule has 0 unspecified atom stereocenters. The SMILES string of the molecule is COc1ccccc1NC(=O)COc1ccc(S(=O)(=O)NC2CC2)cc1C. The lowest BCUT2D eigenvalue weighted by Crippen LogP contribution is -2.25. The molecule has 2 N–H and O–H groups in total. The first-order valence-electron chi connectivity index (χ1n) is 8.57. The molecule has 2 aromatic carbocycles. The van der Waals surface area contributed by atoms with Crippen LogP contribution in [0, 0.1) is 6.92 Å². The lowest BCUT2D eigenvalue weighted by molar-refractivity contribution is -0.118. The van der Waals surface area contributed by atoms with E-state index in [0.717, 1.165) is 12.8 Å². The molecule has 144 valence electrons. The van der Waals surface area contributed by atoms with Gasteiger partial charge < -0.3 is 14.8 Å². The Bertz CT molecular complexity index is 939. The zero-order valence-corrected chi connectivity index (χ0v) is 16.0. The summed E-state index contributed by atoms with van der Waals surface area (Å²) < 4.78 is 37.9. The Morgan fingerprint density at radius 1 is 1.15 bits per heavy atom. The minimum atomic E-state index is -3.51. The van der Waals surface area contributed by atoms with E-state index < -0.39 is 10.0 Å². The van der Waals surface area contributed by atoms with Crippen LogP contribution in [0.2, 0.25) is 0 Å². The largest absolute Gasteiger partial charge is 0.495 e. The summed E-state index contributed by atoms with van der Waals surface area (Å²) in [5, 5.41) is 2.72. The van der Waals surface area contributed by atoms with E-state index in [1.807, 2.05) is 6.07 Å². The predicted molar refractivity (Wildman–Crippen MR) is 102 cm³/mol. The van der Waals surface area contributed by atoms with Crippen molar-refractivity contribution in [2.24, 2.45) is 0 Å². The molecule has 0 bridgehead atoms. The standard InChI is InChI=1S/C19H22N2O5S/c1-13-11-15(27(23,24)21-14-7-8-14)9-10-17(13)26-12-19(22)20-16-5-3-4-6-18(16)25-2/h3-6,9-11,14,21H,7-8,12H2,1-2H3,(H,20,22). The van der Waals surface area contributed by atoms with Crippen molar-refractivity contribution in [3.05, 3.63) is 48.0 Å². The minimum Gasteiger partial charge on any atom is -0.495 e. The normalized spacial score (nSPS) is 13.9. The quantitative estimate of drug-likeness (QED) is 0.722. The molecule has 0 saturated heterocycles. The summed E-state index contributed by atoms with van der Waals surface area (Å²) >= 11 is 0. The topological polar surface area (TPSA) is 93.7 Å². The fraction of sp³-hybridized carbons (Fsp3) is 0.316. The Kier molecular flexibility index (Phi) is 5.67. The third-order valence-electron chi connectivity index (χ3n) is 4.10. The average molecular weight is 390 g/mol. The number of rotatable bonds is 8. The van der Waals surface area contributed by atoms with Gasteiger partial charge in [-0.25, -0.2) is 13.1 Å². The van der Waals surface area contributed by atoms with Crippen LogP contribution in [0.3, 0.4) is 0 Å². The van der Waals surface area contributed by atoms with Crippen LogP contribution in [0.15, 0.2) is 47.4 Å². The maximum Gasteiger partial charge on any atom is 0.262 e. The van der Waals surface area contributed by atoms with Crippen LogP contribution >= 0.6 is 0 Å². The molecule has 1 fully saturated rings. The van der Waals surface area contributed by atoms with Crippen LogP contribution < -0.4 is 19.5 Å². The summed E-state index contributed by atoms with van der Waals surface area (Å²) in [4.78, 5) is 12.3. The Morgan fingerprint density at radius 3 is 2.56 bits per heavy atom. The van der Waals surface area contributed by atoms with E-state index >= 15 is 0 Å². The first-order chi connectivity index (χ1) is 12.9. The molecule has 0 aliphatic heterocycles. The van der Waals surface area contributed by atoms with Gasteiger partial charge in [-0.2, -0.15) is 0 Å². The molecule has 0 aromatic heterocycles. The number of ether oxygens (including phenoxy) is 2. The van der Waals surface area contributed by atoms with E-state index in [9.17, 15) is 13.2 Å². The number of anilines is 1. The van der Waals surface area contributed by atoms with E-state index in [1.54, 1.807) is 31.2 Å². The van der Waals surface area contributed by atoms with Crippen molar-refractivity contribution in [2.75, 3.05) is 19.0 Å². The monoisotopic (exact) mass is 390 g/mol. The van der Waals surface area contributed by atoms with Gasteiger partial charge in [0.05, 0.1) is 17.7 Å². The zero-order chi connectivity index (χ0) is 19.4. The van der Waals surface area contributed by atoms with Crippen LogP contribution in [0.1, 0.15) is 18.4 Å². The number of sulfonamides is 1. The molecule has 1 saturated carbocycles. The van der Waals surface area contributed by atoms with Crippen molar-refractivity contribution >= 4 is 21.6 Å². The molecular weight excluding hydrogens is 368 g/mol. The second kappa shape index (κ2) is 7.98. The van der Waals surface area contributed by atoms with E-state index in [0.29, 0.717) is 22.7 Å². The van der Waals surface area contributed by atoms with Gasteiger partial charge >= 0.3 is 0 Å². The highest BCUT2D eigenvalue weighted by molar-refractivity contribution is 7.89. The summed E-state index contributed by atoms with van der Waals surface area (Å²) in [6, 6.07) is 11.7.